The average molecular weight is 487 g/mol. The summed E-state index contributed by atoms with van der Waals surface area (Å²) in [7, 11) is 0. The number of aliphatic hydroxyl groups is 4. The second-order valence-electron chi connectivity index (χ2n) is 8.58. The number of carbonyl (C=O) groups is 1. The summed E-state index contributed by atoms with van der Waals surface area (Å²) in [6.45, 7) is 4.34. The lowest BCUT2D eigenvalue weighted by atomic mass is 10.0. The molecule has 0 bridgehead atoms. The third-order valence-electron chi connectivity index (χ3n) is 6.07. The van der Waals surface area contributed by atoms with Crippen molar-refractivity contribution in [3.05, 3.63) is 59.3 Å². The first kappa shape index (κ1) is 26.7. The predicted octanol–water partition coefficient (Wildman–Crippen LogP) is 1.47. The lowest BCUT2D eigenvalue weighted by Gasteiger charge is -2.29. The van der Waals surface area contributed by atoms with E-state index in [2.05, 4.69) is 5.32 Å². The fraction of sp³-hybridized carbons (Fsp3) is 0.423. The van der Waals surface area contributed by atoms with E-state index >= 15 is 0 Å². The van der Waals surface area contributed by atoms with Crippen LogP contribution in [0.5, 0.6) is 5.75 Å². The highest BCUT2D eigenvalue weighted by Crippen LogP contribution is 2.33. The number of para-hydroxylation sites is 1. The largest absolute Gasteiger partial charge is 0.491 e. The Kier molecular flexibility index (Phi) is 8.87. The molecule has 1 atom stereocenters. The molecule has 0 spiro atoms. The first-order valence-corrected chi connectivity index (χ1v) is 11.6. The molecule has 0 radical (unpaired) electrons. The van der Waals surface area contributed by atoms with Crippen molar-refractivity contribution in [2.24, 2.45) is 0 Å². The van der Waals surface area contributed by atoms with Gasteiger partial charge in [-0.2, -0.15) is 0 Å². The van der Waals surface area contributed by atoms with Gasteiger partial charge in [0.15, 0.2) is 0 Å². The minimum atomic E-state index is -1.29. The molecule has 35 heavy (non-hydrogen) atoms. The van der Waals surface area contributed by atoms with Crippen LogP contribution >= 0.6 is 0 Å². The van der Waals surface area contributed by atoms with Crippen molar-refractivity contribution < 1.29 is 34.7 Å². The van der Waals surface area contributed by atoms with E-state index in [0.717, 1.165) is 22.5 Å². The molecule has 9 heteroatoms. The van der Waals surface area contributed by atoms with E-state index in [1.165, 1.54) is 0 Å². The van der Waals surface area contributed by atoms with Crippen LogP contribution in [0.3, 0.4) is 0 Å². The van der Waals surface area contributed by atoms with Gasteiger partial charge in [0.25, 0.3) is 0 Å². The highest BCUT2D eigenvalue weighted by Gasteiger charge is 2.28. The van der Waals surface area contributed by atoms with Crippen LogP contribution in [-0.4, -0.2) is 82.2 Å². The maximum atomic E-state index is 12.9. The van der Waals surface area contributed by atoms with Gasteiger partial charge in [-0.1, -0.05) is 18.2 Å². The molecule has 0 saturated heterocycles. The molecule has 190 valence electrons. The topological polar surface area (TPSA) is 133 Å². The van der Waals surface area contributed by atoms with Gasteiger partial charge in [0.2, 0.25) is 0 Å². The molecule has 0 fully saturated rings. The molecule has 0 aliphatic carbocycles. The zero-order chi connectivity index (χ0) is 25.6. The number of hydrogen-bond donors (Lipinski definition) is 5. The van der Waals surface area contributed by atoms with Crippen LogP contribution in [0, 0.1) is 13.8 Å². The molecule has 1 aromatic heterocycles. The van der Waals surface area contributed by atoms with Crippen LogP contribution in [0.2, 0.25) is 0 Å². The number of nitrogens with zero attached hydrogens (tertiary/aromatic N) is 1. The summed E-state index contributed by atoms with van der Waals surface area (Å²) in [5, 5.41) is 41.9. The number of aromatic nitrogens is 1. The SMILES string of the molecule is CCOC(=O)c1c(C)n(-c2ccccc2C)c2ccc(OCC(O)CNC(CO)(CO)CO)cc12. The van der Waals surface area contributed by atoms with Crippen molar-refractivity contribution in [3.63, 3.8) is 0 Å². The Hall–Kier alpha value is -2.95. The highest BCUT2D eigenvalue weighted by atomic mass is 16.5. The summed E-state index contributed by atoms with van der Waals surface area (Å²) >= 11 is 0. The van der Waals surface area contributed by atoms with E-state index in [0.29, 0.717) is 16.7 Å². The summed E-state index contributed by atoms with van der Waals surface area (Å²) in [5.74, 6) is 0.0406. The summed E-state index contributed by atoms with van der Waals surface area (Å²) in [6.07, 6.45) is -0.974. The number of hydrogen-bond acceptors (Lipinski definition) is 8. The number of benzene rings is 2. The Balaban J connectivity index is 1.89. The smallest absolute Gasteiger partial charge is 0.340 e. The van der Waals surface area contributed by atoms with Crippen LogP contribution in [-0.2, 0) is 4.74 Å². The number of carbonyl (C=O) groups excluding carboxylic acids is 1. The van der Waals surface area contributed by atoms with E-state index in [1.807, 2.05) is 48.7 Å². The van der Waals surface area contributed by atoms with E-state index in [4.69, 9.17) is 9.47 Å². The van der Waals surface area contributed by atoms with Crippen molar-refractivity contribution in [1.29, 1.82) is 0 Å². The third-order valence-corrected chi connectivity index (χ3v) is 6.07. The number of aliphatic hydroxyl groups excluding tert-OH is 4. The molecule has 1 unspecified atom stereocenters. The molecule has 3 rings (SSSR count). The Morgan fingerprint density at radius 2 is 1.77 bits per heavy atom. The van der Waals surface area contributed by atoms with Crippen LogP contribution in [0.25, 0.3) is 16.6 Å². The second kappa shape index (κ2) is 11.7. The number of aryl methyl sites for hydroxylation is 1. The fourth-order valence-electron chi connectivity index (χ4n) is 3.98. The summed E-state index contributed by atoms with van der Waals surface area (Å²) < 4.78 is 13.1. The molecule has 0 saturated carbocycles. The normalized spacial score (nSPS) is 12.7. The maximum absolute atomic E-state index is 12.9. The average Bonchev–Trinajstić information content (AvgIpc) is 3.15. The molecular weight excluding hydrogens is 452 g/mol. The van der Waals surface area contributed by atoms with Gasteiger partial charge in [-0.25, -0.2) is 4.79 Å². The number of fused-ring (bicyclic) bond motifs is 1. The molecule has 9 nitrogen and oxygen atoms in total. The summed E-state index contributed by atoms with van der Waals surface area (Å²) in [4.78, 5) is 12.9. The Morgan fingerprint density at radius 1 is 1.09 bits per heavy atom. The molecule has 2 aromatic carbocycles. The molecule has 0 amide bonds. The zero-order valence-corrected chi connectivity index (χ0v) is 20.3. The first-order chi connectivity index (χ1) is 16.8. The molecule has 0 aliphatic heterocycles. The second-order valence-corrected chi connectivity index (χ2v) is 8.58. The number of ether oxygens (including phenoxy) is 2. The van der Waals surface area contributed by atoms with Gasteiger partial charge in [-0.3, -0.25) is 0 Å². The lowest BCUT2D eigenvalue weighted by Crippen LogP contribution is -2.57. The minimum absolute atomic E-state index is 0.0131. The van der Waals surface area contributed by atoms with Crippen LogP contribution < -0.4 is 10.1 Å². The van der Waals surface area contributed by atoms with E-state index in [1.54, 1.807) is 19.1 Å². The zero-order valence-electron chi connectivity index (χ0n) is 20.3. The molecule has 1 heterocycles. The number of β-amino-alcohol motifs (C(OH)–C–C–N with tert-alkyl or cyclic N) is 1. The molecule has 0 aliphatic rings. The number of esters is 1. The van der Waals surface area contributed by atoms with Gasteiger partial charge in [0.1, 0.15) is 18.5 Å². The summed E-state index contributed by atoms with van der Waals surface area (Å²) in [6, 6.07) is 13.3. The van der Waals surface area contributed by atoms with E-state index < -0.39 is 37.4 Å². The van der Waals surface area contributed by atoms with Crippen molar-refractivity contribution in [1.82, 2.24) is 9.88 Å². The van der Waals surface area contributed by atoms with Crippen LogP contribution in [0.4, 0.5) is 0 Å². The van der Waals surface area contributed by atoms with Gasteiger partial charge in [-0.15, -0.1) is 0 Å². The van der Waals surface area contributed by atoms with Crippen molar-refractivity contribution in [2.45, 2.75) is 32.4 Å². The van der Waals surface area contributed by atoms with Crippen molar-refractivity contribution in [3.8, 4) is 11.4 Å². The minimum Gasteiger partial charge on any atom is -0.491 e. The first-order valence-electron chi connectivity index (χ1n) is 11.6. The van der Waals surface area contributed by atoms with Crippen molar-refractivity contribution in [2.75, 3.05) is 39.6 Å². The number of nitrogens with one attached hydrogen (secondary N) is 1. The monoisotopic (exact) mass is 486 g/mol. The van der Waals surface area contributed by atoms with Gasteiger partial charge in [0.05, 0.1) is 43.0 Å². The van der Waals surface area contributed by atoms with Crippen LogP contribution in [0.1, 0.15) is 28.5 Å². The van der Waals surface area contributed by atoms with E-state index in [-0.39, 0.29) is 19.8 Å². The number of rotatable bonds is 12. The highest BCUT2D eigenvalue weighted by molar-refractivity contribution is 6.07. The van der Waals surface area contributed by atoms with Crippen molar-refractivity contribution >= 4 is 16.9 Å². The summed E-state index contributed by atoms with van der Waals surface area (Å²) in [5.41, 5.74) is 2.76. The predicted molar refractivity (Wildman–Crippen MR) is 132 cm³/mol. The Morgan fingerprint density at radius 3 is 2.40 bits per heavy atom. The lowest BCUT2D eigenvalue weighted by molar-refractivity contribution is 0.0260. The van der Waals surface area contributed by atoms with Gasteiger partial charge in [0, 0.05) is 23.3 Å². The fourth-order valence-corrected chi connectivity index (χ4v) is 3.98. The Labute approximate surface area is 204 Å². The van der Waals surface area contributed by atoms with Crippen LogP contribution in [0.15, 0.2) is 42.5 Å². The quantitative estimate of drug-likeness (QED) is 0.243. The Bertz CT molecular complexity index is 1150. The van der Waals surface area contributed by atoms with Gasteiger partial charge < -0.3 is 39.8 Å². The molecule has 3 aromatic rings. The van der Waals surface area contributed by atoms with Gasteiger partial charge >= 0.3 is 5.97 Å². The third kappa shape index (κ3) is 5.66. The van der Waals surface area contributed by atoms with Gasteiger partial charge in [-0.05, 0) is 50.6 Å². The van der Waals surface area contributed by atoms with E-state index in [9.17, 15) is 25.2 Å². The standard InChI is InChI=1S/C26H34N2O7/c1-4-34-25(33)24-18(3)28(22-8-6-5-7-17(22)2)23-10-9-20(11-21(23)24)35-13-19(32)12-27-26(14-29,15-30)16-31/h5-11,19,27,29-32H,4,12-16H2,1-3H3. The maximum Gasteiger partial charge on any atom is 0.340 e. The molecule has 5 N–H and O–H groups in total. The molecular formula is C26H34N2O7.